The molecule has 0 saturated heterocycles. The Morgan fingerprint density at radius 1 is 1.10 bits per heavy atom. The third kappa shape index (κ3) is 1.81. The lowest BCUT2D eigenvalue weighted by atomic mass is 9.67. The molecular formula is C19H28NO+. The second kappa shape index (κ2) is 4.59. The topological polar surface area (TPSA) is 12.2 Å². The van der Waals surface area contributed by atoms with Gasteiger partial charge in [0.05, 0.1) is 5.92 Å². The summed E-state index contributed by atoms with van der Waals surface area (Å²) in [6, 6.07) is 9.34. The Hall–Kier alpha value is -1.31. The van der Waals surface area contributed by atoms with Crippen LogP contribution in [0.1, 0.15) is 59.1 Å². The Balaban J connectivity index is 2.28. The maximum absolute atomic E-state index is 6.59. The fourth-order valence-corrected chi connectivity index (χ4v) is 4.32. The maximum atomic E-state index is 6.59. The molecule has 2 nitrogen and oxygen atoms in total. The number of nitrogens with zero attached hydrogens (tertiary/aromatic N) is 1. The first kappa shape index (κ1) is 14.6. The molecule has 3 rings (SSSR count). The summed E-state index contributed by atoms with van der Waals surface area (Å²) in [4.78, 5) is 0. The SMILES string of the molecule is CC(C)C1=[N+](C(C)C)[C@]2(C)c3ccccc3CC[C@]2(C)O1. The molecule has 1 aliphatic carbocycles. The molecule has 2 aliphatic rings. The minimum atomic E-state index is -0.134. The quantitative estimate of drug-likeness (QED) is 0.745. The molecule has 0 unspecified atom stereocenters. The third-order valence-electron chi connectivity index (χ3n) is 5.50. The van der Waals surface area contributed by atoms with Gasteiger partial charge >= 0.3 is 5.90 Å². The van der Waals surface area contributed by atoms with Crippen molar-refractivity contribution in [3.63, 3.8) is 0 Å². The van der Waals surface area contributed by atoms with Crippen LogP contribution in [0, 0.1) is 5.92 Å². The van der Waals surface area contributed by atoms with E-state index in [4.69, 9.17) is 4.74 Å². The molecule has 1 aromatic rings. The van der Waals surface area contributed by atoms with Crippen LogP contribution >= 0.6 is 0 Å². The Kier molecular flexibility index (Phi) is 3.20. The van der Waals surface area contributed by atoms with Crippen molar-refractivity contribution in [3.8, 4) is 0 Å². The first-order valence-electron chi connectivity index (χ1n) is 8.25. The van der Waals surface area contributed by atoms with E-state index in [1.807, 2.05) is 0 Å². The maximum Gasteiger partial charge on any atom is 0.340 e. The zero-order valence-electron chi connectivity index (χ0n) is 14.2. The van der Waals surface area contributed by atoms with Gasteiger partial charge in [-0.2, -0.15) is 4.58 Å². The summed E-state index contributed by atoms with van der Waals surface area (Å²) >= 11 is 0. The normalized spacial score (nSPS) is 31.4. The van der Waals surface area contributed by atoms with Gasteiger partial charge in [-0.05, 0) is 53.0 Å². The van der Waals surface area contributed by atoms with E-state index in [1.54, 1.807) is 0 Å². The van der Waals surface area contributed by atoms with Gasteiger partial charge in [0.25, 0.3) is 0 Å². The van der Waals surface area contributed by atoms with Crippen molar-refractivity contribution in [2.45, 2.75) is 71.6 Å². The van der Waals surface area contributed by atoms with Gasteiger partial charge in [0.1, 0.15) is 0 Å². The van der Waals surface area contributed by atoms with Crippen LogP contribution in [0.3, 0.4) is 0 Å². The van der Waals surface area contributed by atoms with E-state index in [9.17, 15) is 0 Å². The van der Waals surface area contributed by atoms with E-state index in [0.717, 1.165) is 18.7 Å². The molecular weight excluding hydrogens is 258 g/mol. The third-order valence-corrected chi connectivity index (χ3v) is 5.50. The van der Waals surface area contributed by atoms with Gasteiger partial charge in [0.2, 0.25) is 5.54 Å². The van der Waals surface area contributed by atoms with Crippen LogP contribution in [0.5, 0.6) is 0 Å². The van der Waals surface area contributed by atoms with Gasteiger partial charge in [0, 0.05) is 12.5 Å². The van der Waals surface area contributed by atoms with E-state index in [-0.39, 0.29) is 11.1 Å². The largest absolute Gasteiger partial charge is 0.434 e. The lowest BCUT2D eigenvalue weighted by Crippen LogP contribution is -2.55. The lowest BCUT2D eigenvalue weighted by Gasteiger charge is -2.41. The van der Waals surface area contributed by atoms with Crippen LogP contribution < -0.4 is 0 Å². The molecule has 1 aliphatic heterocycles. The Labute approximate surface area is 128 Å². The number of benzene rings is 1. The summed E-state index contributed by atoms with van der Waals surface area (Å²) in [7, 11) is 0. The van der Waals surface area contributed by atoms with Gasteiger partial charge in [-0.15, -0.1) is 0 Å². The van der Waals surface area contributed by atoms with E-state index < -0.39 is 0 Å². The average molecular weight is 286 g/mol. The number of rotatable bonds is 2. The molecule has 21 heavy (non-hydrogen) atoms. The highest BCUT2D eigenvalue weighted by Gasteiger charge is 2.66. The minimum absolute atomic E-state index is 0.0738. The average Bonchev–Trinajstić information content (AvgIpc) is 2.68. The minimum Gasteiger partial charge on any atom is -0.434 e. The second-order valence-electron chi connectivity index (χ2n) is 7.52. The number of aryl methyl sites for hydroxylation is 1. The molecule has 0 fully saturated rings. The Bertz CT molecular complexity index is 601. The number of fused-ring (bicyclic) bond motifs is 3. The molecule has 1 heterocycles. The molecule has 2 heteroatoms. The molecule has 0 radical (unpaired) electrons. The van der Waals surface area contributed by atoms with E-state index in [2.05, 4.69) is 70.4 Å². The predicted molar refractivity (Wildman–Crippen MR) is 86.8 cm³/mol. The number of ether oxygens (including phenoxy) is 1. The van der Waals surface area contributed by atoms with Crippen molar-refractivity contribution in [3.05, 3.63) is 35.4 Å². The highest BCUT2D eigenvalue weighted by atomic mass is 16.5. The molecule has 2 atom stereocenters. The van der Waals surface area contributed by atoms with Crippen molar-refractivity contribution < 1.29 is 9.31 Å². The molecule has 1 aromatic carbocycles. The van der Waals surface area contributed by atoms with Crippen LogP contribution in [-0.4, -0.2) is 22.1 Å². The van der Waals surface area contributed by atoms with Crippen LogP contribution in [0.4, 0.5) is 0 Å². The highest BCUT2D eigenvalue weighted by Crippen LogP contribution is 2.51. The van der Waals surface area contributed by atoms with Gasteiger partial charge in [-0.3, -0.25) is 0 Å². The van der Waals surface area contributed by atoms with Crippen LogP contribution in [-0.2, 0) is 16.7 Å². The summed E-state index contributed by atoms with van der Waals surface area (Å²) < 4.78 is 9.13. The van der Waals surface area contributed by atoms with Crippen molar-refractivity contribution in [1.29, 1.82) is 0 Å². The molecule has 0 spiro atoms. The molecule has 0 amide bonds. The summed E-state index contributed by atoms with van der Waals surface area (Å²) in [6.07, 6.45) is 2.19. The van der Waals surface area contributed by atoms with Gasteiger partial charge in [-0.25, -0.2) is 0 Å². The van der Waals surface area contributed by atoms with E-state index >= 15 is 0 Å². The van der Waals surface area contributed by atoms with E-state index in [1.165, 1.54) is 11.1 Å². The first-order valence-corrected chi connectivity index (χ1v) is 8.25. The Morgan fingerprint density at radius 2 is 1.76 bits per heavy atom. The number of hydrogen-bond donors (Lipinski definition) is 0. The molecule has 0 N–H and O–H groups in total. The smallest absolute Gasteiger partial charge is 0.340 e. The molecule has 0 saturated carbocycles. The van der Waals surface area contributed by atoms with Crippen LogP contribution in [0.25, 0.3) is 0 Å². The van der Waals surface area contributed by atoms with Gasteiger partial charge in [-0.1, -0.05) is 24.3 Å². The summed E-state index contributed by atoms with van der Waals surface area (Å²) in [6.45, 7) is 13.7. The van der Waals surface area contributed by atoms with Gasteiger partial charge < -0.3 is 4.74 Å². The van der Waals surface area contributed by atoms with Crippen molar-refractivity contribution >= 4 is 5.90 Å². The molecule has 0 bridgehead atoms. The second-order valence-corrected chi connectivity index (χ2v) is 7.52. The zero-order valence-corrected chi connectivity index (χ0v) is 14.2. The van der Waals surface area contributed by atoms with Gasteiger partial charge in [0.15, 0.2) is 11.6 Å². The summed E-state index contributed by atoms with van der Waals surface area (Å²) in [5.74, 6) is 1.57. The van der Waals surface area contributed by atoms with Crippen LogP contribution in [0.15, 0.2) is 24.3 Å². The fourth-order valence-electron chi connectivity index (χ4n) is 4.32. The highest BCUT2D eigenvalue weighted by molar-refractivity contribution is 5.75. The van der Waals surface area contributed by atoms with Crippen molar-refractivity contribution in [2.75, 3.05) is 0 Å². The lowest BCUT2D eigenvalue weighted by molar-refractivity contribution is -0.642. The van der Waals surface area contributed by atoms with Crippen LogP contribution in [0.2, 0.25) is 0 Å². The monoisotopic (exact) mass is 286 g/mol. The first-order chi connectivity index (χ1) is 9.81. The van der Waals surface area contributed by atoms with Crippen molar-refractivity contribution in [2.24, 2.45) is 5.92 Å². The molecule has 0 aromatic heterocycles. The number of hydrogen-bond acceptors (Lipinski definition) is 1. The molecule has 114 valence electrons. The fraction of sp³-hybridized carbons (Fsp3) is 0.632. The summed E-state index contributed by atoms with van der Waals surface area (Å²) in [5.41, 5.74) is 2.72. The Morgan fingerprint density at radius 3 is 2.38 bits per heavy atom. The standard InChI is InChI=1S/C19H28NO/c1-13(2)17-20(14(3)4)19(6)16-10-8-7-9-15(16)11-12-18(19,5)21-17/h7-10,13-14H,11-12H2,1-6H3/q+1/t18-,19+/m0/s1. The summed E-state index contributed by atoms with van der Waals surface area (Å²) in [5, 5.41) is 0. The van der Waals surface area contributed by atoms with E-state index in [0.29, 0.717) is 12.0 Å². The predicted octanol–water partition coefficient (Wildman–Crippen LogP) is 4.11. The zero-order chi connectivity index (χ0) is 15.4. The van der Waals surface area contributed by atoms with Crippen molar-refractivity contribution in [1.82, 2.24) is 0 Å².